The Kier molecular flexibility index (Phi) is 4.71. The van der Waals surface area contributed by atoms with Crippen molar-refractivity contribution in [1.29, 1.82) is 0 Å². The summed E-state index contributed by atoms with van der Waals surface area (Å²) in [5.41, 5.74) is 2.61. The lowest BCUT2D eigenvalue weighted by Gasteiger charge is -2.39. The Morgan fingerprint density at radius 3 is 2.33 bits per heavy atom. The lowest BCUT2D eigenvalue weighted by Crippen LogP contribution is -2.37. The van der Waals surface area contributed by atoms with E-state index in [1.54, 1.807) is 6.08 Å². The van der Waals surface area contributed by atoms with Crippen LogP contribution in [0.4, 0.5) is 5.69 Å². The average Bonchev–Trinajstić information content (AvgIpc) is 2.45. The molecule has 21 heavy (non-hydrogen) atoms. The second-order valence-electron chi connectivity index (χ2n) is 6.77. The topological polar surface area (TPSA) is 40.5 Å². The van der Waals surface area contributed by atoms with Gasteiger partial charge in [-0.2, -0.15) is 0 Å². The summed E-state index contributed by atoms with van der Waals surface area (Å²) < 4.78 is 0. The number of rotatable bonds is 4. The van der Waals surface area contributed by atoms with Crippen molar-refractivity contribution in [3.05, 3.63) is 35.9 Å². The van der Waals surface area contributed by atoms with Crippen molar-refractivity contribution < 1.29 is 9.90 Å². The Labute approximate surface area is 127 Å². The molecular formula is C18H25NO2. The zero-order valence-electron chi connectivity index (χ0n) is 13.2. The highest BCUT2D eigenvalue weighted by atomic mass is 16.4. The van der Waals surface area contributed by atoms with Gasteiger partial charge in [-0.05, 0) is 54.9 Å². The fraction of sp³-hybridized carbons (Fsp3) is 0.500. The predicted octanol–water partition coefficient (Wildman–Crippen LogP) is 4.19. The monoisotopic (exact) mass is 287 g/mol. The van der Waals surface area contributed by atoms with Gasteiger partial charge < -0.3 is 10.0 Å². The van der Waals surface area contributed by atoms with Gasteiger partial charge in [0.15, 0.2) is 0 Å². The van der Waals surface area contributed by atoms with Crippen LogP contribution in [0.1, 0.15) is 45.1 Å². The molecule has 3 nitrogen and oxygen atoms in total. The third kappa shape index (κ3) is 4.35. The van der Waals surface area contributed by atoms with Gasteiger partial charge in [0.05, 0.1) is 0 Å². The van der Waals surface area contributed by atoms with Crippen LogP contribution in [0.15, 0.2) is 30.3 Å². The van der Waals surface area contributed by atoms with Gasteiger partial charge >= 0.3 is 5.97 Å². The van der Waals surface area contributed by atoms with Crippen molar-refractivity contribution in [3.63, 3.8) is 0 Å². The predicted molar refractivity (Wildman–Crippen MR) is 87.6 cm³/mol. The van der Waals surface area contributed by atoms with Crippen LogP contribution in [0, 0.1) is 5.41 Å². The standard InChI is InChI=1S/C18H25NO2/c1-18(2)12-10-16(11-13-18)19(3)15-7-4-14(5-8-15)6-9-17(20)21/h4-9,16H,10-13H2,1-3H3,(H,20,21)/b9-6+. The van der Waals surface area contributed by atoms with Crippen LogP contribution in [0.2, 0.25) is 0 Å². The summed E-state index contributed by atoms with van der Waals surface area (Å²) in [4.78, 5) is 12.9. The zero-order valence-corrected chi connectivity index (χ0v) is 13.2. The highest BCUT2D eigenvalue weighted by Gasteiger charge is 2.28. The third-order valence-electron chi connectivity index (χ3n) is 4.58. The van der Waals surface area contributed by atoms with Crippen LogP contribution >= 0.6 is 0 Å². The average molecular weight is 287 g/mol. The Bertz CT molecular complexity index is 507. The maximum absolute atomic E-state index is 10.5. The maximum Gasteiger partial charge on any atom is 0.328 e. The van der Waals surface area contributed by atoms with Gasteiger partial charge in [-0.1, -0.05) is 26.0 Å². The molecule has 0 saturated heterocycles. The molecule has 1 fully saturated rings. The van der Waals surface area contributed by atoms with Gasteiger partial charge in [-0.3, -0.25) is 0 Å². The van der Waals surface area contributed by atoms with Crippen LogP contribution in [0.25, 0.3) is 6.08 Å². The first-order valence-corrected chi connectivity index (χ1v) is 7.61. The van der Waals surface area contributed by atoms with Gasteiger partial charge in [0, 0.05) is 24.9 Å². The van der Waals surface area contributed by atoms with Gasteiger partial charge in [-0.15, -0.1) is 0 Å². The van der Waals surface area contributed by atoms with Crippen LogP contribution < -0.4 is 4.90 Å². The van der Waals surface area contributed by atoms with Crippen molar-refractivity contribution in [2.75, 3.05) is 11.9 Å². The molecule has 0 radical (unpaired) electrons. The number of hydrogen-bond acceptors (Lipinski definition) is 2. The number of benzene rings is 1. The molecular weight excluding hydrogens is 262 g/mol. The highest BCUT2D eigenvalue weighted by molar-refractivity contribution is 5.85. The first-order valence-electron chi connectivity index (χ1n) is 7.61. The number of anilines is 1. The van der Waals surface area contributed by atoms with Gasteiger partial charge in [0.2, 0.25) is 0 Å². The molecule has 0 heterocycles. The number of carbonyl (C=O) groups is 1. The molecule has 0 unspecified atom stereocenters. The SMILES string of the molecule is CN(c1ccc(/C=C/C(=O)O)cc1)C1CCC(C)(C)CC1. The minimum absolute atomic E-state index is 0.489. The molecule has 0 aliphatic heterocycles. The quantitative estimate of drug-likeness (QED) is 0.844. The van der Waals surface area contributed by atoms with Gasteiger partial charge in [0.25, 0.3) is 0 Å². The van der Waals surface area contributed by atoms with Gasteiger partial charge in [0.1, 0.15) is 0 Å². The smallest absolute Gasteiger partial charge is 0.328 e. The van der Waals surface area contributed by atoms with E-state index in [2.05, 4.69) is 37.9 Å². The Balaban J connectivity index is 2.00. The van der Waals surface area contributed by atoms with Gasteiger partial charge in [-0.25, -0.2) is 4.79 Å². The van der Waals surface area contributed by atoms with E-state index in [4.69, 9.17) is 5.11 Å². The maximum atomic E-state index is 10.5. The molecule has 0 amide bonds. The molecule has 2 rings (SSSR count). The Morgan fingerprint density at radius 2 is 1.81 bits per heavy atom. The van der Waals surface area contributed by atoms with E-state index in [1.807, 2.05) is 12.1 Å². The molecule has 1 saturated carbocycles. The minimum Gasteiger partial charge on any atom is -0.478 e. The summed E-state index contributed by atoms with van der Waals surface area (Å²) in [6.07, 6.45) is 7.83. The third-order valence-corrected chi connectivity index (χ3v) is 4.58. The number of aliphatic carboxylic acids is 1. The van der Waals surface area contributed by atoms with E-state index in [-0.39, 0.29) is 0 Å². The largest absolute Gasteiger partial charge is 0.478 e. The van der Waals surface area contributed by atoms with E-state index < -0.39 is 5.97 Å². The lowest BCUT2D eigenvalue weighted by molar-refractivity contribution is -0.131. The highest BCUT2D eigenvalue weighted by Crippen LogP contribution is 2.37. The Hall–Kier alpha value is -1.77. The number of carboxylic acids is 1. The second kappa shape index (κ2) is 6.33. The summed E-state index contributed by atoms with van der Waals surface area (Å²) in [6.45, 7) is 4.71. The van der Waals surface area contributed by atoms with Crippen molar-refractivity contribution in [3.8, 4) is 0 Å². The molecule has 1 N–H and O–H groups in total. The summed E-state index contributed by atoms with van der Waals surface area (Å²) >= 11 is 0. The van der Waals surface area contributed by atoms with E-state index in [9.17, 15) is 4.79 Å². The molecule has 1 aliphatic carbocycles. The van der Waals surface area contributed by atoms with Crippen molar-refractivity contribution >= 4 is 17.7 Å². The number of hydrogen-bond donors (Lipinski definition) is 1. The van der Waals surface area contributed by atoms with Crippen molar-refractivity contribution in [2.45, 2.75) is 45.6 Å². The van der Waals surface area contributed by atoms with Crippen LogP contribution in [0.3, 0.4) is 0 Å². The summed E-state index contributed by atoms with van der Waals surface area (Å²) in [7, 11) is 2.16. The molecule has 0 spiro atoms. The van der Waals surface area contributed by atoms with Crippen LogP contribution in [0.5, 0.6) is 0 Å². The van der Waals surface area contributed by atoms with E-state index in [1.165, 1.54) is 37.4 Å². The summed E-state index contributed by atoms with van der Waals surface area (Å²) in [6, 6.07) is 8.69. The molecule has 114 valence electrons. The normalized spacial score (nSPS) is 18.8. The molecule has 1 aromatic rings. The fourth-order valence-corrected chi connectivity index (χ4v) is 2.97. The fourth-order valence-electron chi connectivity index (χ4n) is 2.97. The molecule has 0 aromatic heterocycles. The molecule has 0 atom stereocenters. The first-order chi connectivity index (χ1) is 9.87. The summed E-state index contributed by atoms with van der Waals surface area (Å²) in [5, 5.41) is 8.64. The lowest BCUT2D eigenvalue weighted by atomic mass is 9.75. The molecule has 1 aromatic carbocycles. The second-order valence-corrected chi connectivity index (χ2v) is 6.77. The van der Waals surface area contributed by atoms with Crippen molar-refractivity contribution in [2.24, 2.45) is 5.41 Å². The van der Waals surface area contributed by atoms with E-state index in [0.717, 1.165) is 5.56 Å². The molecule has 3 heteroatoms. The minimum atomic E-state index is -0.916. The number of nitrogens with zero attached hydrogens (tertiary/aromatic N) is 1. The van der Waals surface area contributed by atoms with Crippen molar-refractivity contribution in [1.82, 2.24) is 0 Å². The van der Waals surface area contributed by atoms with Crippen LogP contribution in [-0.4, -0.2) is 24.2 Å². The zero-order chi connectivity index (χ0) is 15.5. The molecule has 0 bridgehead atoms. The van der Waals surface area contributed by atoms with E-state index in [0.29, 0.717) is 11.5 Å². The summed E-state index contributed by atoms with van der Waals surface area (Å²) in [5.74, 6) is -0.916. The molecule has 1 aliphatic rings. The van der Waals surface area contributed by atoms with Crippen LogP contribution in [-0.2, 0) is 4.79 Å². The number of carboxylic acid groups (broad SMARTS) is 1. The Morgan fingerprint density at radius 1 is 1.24 bits per heavy atom. The van der Waals surface area contributed by atoms with E-state index >= 15 is 0 Å². The first kappa shape index (κ1) is 15.6.